The standard InChI is InChI=1S/C11H15ClFNO/c1-7(15)14-10-5-4-8(6-9(10)12)11(2,3)13/h5-6,8H,4H2,1-3H3,(H,14,15). The molecule has 1 aliphatic rings. The summed E-state index contributed by atoms with van der Waals surface area (Å²) in [5.74, 6) is -0.409. The third-order valence-electron chi connectivity index (χ3n) is 2.37. The maximum absolute atomic E-state index is 13.6. The molecule has 0 fully saturated rings. The SMILES string of the molecule is CC(=O)NC1=CCC(C(C)(C)F)C=C1Cl. The Bertz CT molecular complexity index is 328. The zero-order valence-corrected chi connectivity index (χ0v) is 9.86. The number of hydrogen-bond donors (Lipinski definition) is 1. The molecule has 15 heavy (non-hydrogen) atoms. The molecule has 0 bridgehead atoms. The van der Waals surface area contributed by atoms with Gasteiger partial charge in [0, 0.05) is 12.8 Å². The van der Waals surface area contributed by atoms with Crippen molar-refractivity contribution in [3.05, 3.63) is 22.9 Å². The summed E-state index contributed by atoms with van der Waals surface area (Å²) < 4.78 is 13.6. The first-order valence-electron chi connectivity index (χ1n) is 4.85. The minimum atomic E-state index is -1.29. The summed E-state index contributed by atoms with van der Waals surface area (Å²) in [6, 6.07) is 0. The van der Waals surface area contributed by atoms with Gasteiger partial charge in [0.1, 0.15) is 5.67 Å². The molecule has 1 N–H and O–H groups in total. The minimum Gasteiger partial charge on any atom is -0.325 e. The first-order chi connectivity index (χ1) is 6.80. The fourth-order valence-corrected chi connectivity index (χ4v) is 1.73. The van der Waals surface area contributed by atoms with Gasteiger partial charge in [-0.2, -0.15) is 0 Å². The van der Waals surface area contributed by atoms with Gasteiger partial charge >= 0.3 is 0 Å². The monoisotopic (exact) mass is 231 g/mol. The van der Waals surface area contributed by atoms with Gasteiger partial charge in [-0.15, -0.1) is 0 Å². The lowest BCUT2D eigenvalue weighted by atomic mass is 9.86. The summed E-state index contributed by atoms with van der Waals surface area (Å²) in [5, 5.41) is 3.01. The van der Waals surface area contributed by atoms with Crippen LogP contribution in [0.5, 0.6) is 0 Å². The van der Waals surface area contributed by atoms with E-state index in [4.69, 9.17) is 11.6 Å². The largest absolute Gasteiger partial charge is 0.325 e. The van der Waals surface area contributed by atoms with Crippen molar-refractivity contribution in [2.24, 2.45) is 5.92 Å². The normalized spacial score (nSPS) is 21.8. The van der Waals surface area contributed by atoms with Crippen LogP contribution >= 0.6 is 11.6 Å². The number of carbonyl (C=O) groups excluding carboxylic acids is 1. The molecule has 0 aromatic heterocycles. The Morgan fingerprint density at radius 1 is 1.67 bits per heavy atom. The molecule has 1 atom stereocenters. The second-order valence-corrected chi connectivity index (χ2v) is 4.63. The van der Waals surface area contributed by atoms with E-state index < -0.39 is 5.67 Å². The topological polar surface area (TPSA) is 29.1 Å². The number of nitrogens with one attached hydrogen (secondary N) is 1. The summed E-state index contributed by atoms with van der Waals surface area (Å²) in [7, 11) is 0. The first-order valence-corrected chi connectivity index (χ1v) is 5.23. The first kappa shape index (κ1) is 12.2. The third-order valence-corrected chi connectivity index (χ3v) is 2.70. The molecule has 2 nitrogen and oxygen atoms in total. The van der Waals surface area contributed by atoms with Crippen LogP contribution < -0.4 is 5.32 Å². The highest BCUT2D eigenvalue weighted by molar-refractivity contribution is 6.32. The number of rotatable bonds is 2. The molecule has 84 valence electrons. The van der Waals surface area contributed by atoms with E-state index in [0.717, 1.165) is 0 Å². The van der Waals surface area contributed by atoms with Gasteiger partial charge in [-0.3, -0.25) is 4.79 Å². The molecule has 1 amide bonds. The molecule has 0 aliphatic heterocycles. The molecule has 0 saturated heterocycles. The Hall–Kier alpha value is -0.830. The van der Waals surface area contributed by atoms with Crippen molar-refractivity contribution in [3.8, 4) is 0 Å². The van der Waals surface area contributed by atoms with E-state index in [1.165, 1.54) is 20.8 Å². The lowest BCUT2D eigenvalue weighted by Gasteiger charge is -2.26. The molecule has 0 aromatic carbocycles. The van der Waals surface area contributed by atoms with Crippen LogP contribution in [-0.4, -0.2) is 11.6 Å². The zero-order valence-electron chi connectivity index (χ0n) is 9.10. The smallest absolute Gasteiger partial charge is 0.221 e. The fraction of sp³-hybridized carbons (Fsp3) is 0.545. The number of carbonyl (C=O) groups is 1. The van der Waals surface area contributed by atoms with E-state index >= 15 is 0 Å². The van der Waals surface area contributed by atoms with Crippen molar-refractivity contribution in [1.29, 1.82) is 0 Å². The summed E-state index contributed by atoms with van der Waals surface area (Å²) in [6.07, 6.45) is 3.97. The van der Waals surface area contributed by atoms with Crippen LogP contribution in [0.4, 0.5) is 4.39 Å². The molecule has 0 saturated carbocycles. The number of allylic oxidation sites excluding steroid dienone is 3. The number of hydrogen-bond acceptors (Lipinski definition) is 1. The van der Waals surface area contributed by atoms with E-state index in [-0.39, 0.29) is 11.8 Å². The van der Waals surface area contributed by atoms with Crippen LogP contribution in [0.3, 0.4) is 0 Å². The predicted molar refractivity (Wildman–Crippen MR) is 59.1 cm³/mol. The second kappa shape index (κ2) is 4.35. The van der Waals surface area contributed by atoms with Gasteiger partial charge in [0.25, 0.3) is 0 Å². The maximum Gasteiger partial charge on any atom is 0.221 e. The molecule has 1 unspecified atom stereocenters. The lowest BCUT2D eigenvalue weighted by molar-refractivity contribution is -0.118. The van der Waals surface area contributed by atoms with Crippen LogP contribution in [0.1, 0.15) is 27.2 Å². The van der Waals surface area contributed by atoms with Crippen molar-refractivity contribution < 1.29 is 9.18 Å². The maximum atomic E-state index is 13.6. The number of amides is 1. The van der Waals surface area contributed by atoms with Gasteiger partial charge in [0.15, 0.2) is 0 Å². The van der Waals surface area contributed by atoms with Crippen molar-refractivity contribution in [3.63, 3.8) is 0 Å². The highest BCUT2D eigenvalue weighted by atomic mass is 35.5. The molecule has 1 rings (SSSR count). The number of halogens is 2. The highest BCUT2D eigenvalue weighted by Gasteiger charge is 2.29. The van der Waals surface area contributed by atoms with E-state index in [2.05, 4.69) is 5.32 Å². The minimum absolute atomic E-state index is 0.175. The fourth-order valence-electron chi connectivity index (χ4n) is 1.46. The molecule has 4 heteroatoms. The van der Waals surface area contributed by atoms with Gasteiger partial charge in [0.2, 0.25) is 5.91 Å². The summed E-state index contributed by atoms with van der Waals surface area (Å²) >= 11 is 5.94. The Morgan fingerprint density at radius 2 is 2.27 bits per heavy atom. The zero-order chi connectivity index (χ0) is 11.6. The molecular formula is C11H15ClFNO. The van der Waals surface area contributed by atoms with Crippen LogP contribution in [0.2, 0.25) is 0 Å². The Morgan fingerprint density at radius 3 is 2.67 bits per heavy atom. The van der Waals surface area contributed by atoms with Gasteiger partial charge in [-0.25, -0.2) is 4.39 Å². The molecule has 0 aromatic rings. The van der Waals surface area contributed by atoms with Crippen LogP contribution in [-0.2, 0) is 4.79 Å². The van der Waals surface area contributed by atoms with Gasteiger partial charge in [0.05, 0.1) is 10.7 Å². The van der Waals surface area contributed by atoms with Crippen LogP contribution in [0, 0.1) is 5.92 Å². The summed E-state index contributed by atoms with van der Waals surface area (Å²) in [5.41, 5.74) is -0.719. The number of alkyl halides is 1. The summed E-state index contributed by atoms with van der Waals surface area (Å²) in [4.78, 5) is 10.8. The lowest BCUT2D eigenvalue weighted by Crippen LogP contribution is -2.28. The van der Waals surface area contributed by atoms with E-state index in [9.17, 15) is 9.18 Å². The molecule has 0 heterocycles. The average molecular weight is 232 g/mol. The Labute approximate surface area is 94.2 Å². The average Bonchev–Trinajstić information content (AvgIpc) is 2.05. The quantitative estimate of drug-likeness (QED) is 0.778. The molecule has 0 radical (unpaired) electrons. The molecular weight excluding hydrogens is 217 g/mol. The molecule has 0 spiro atoms. The predicted octanol–water partition coefficient (Wildman–Crippen LogP) is 2.90. The van der Waals surface area contributed by atoms with Gasteiger partial charge in [-0.1, -0.05) is 23.8 Å². The third kappa shape index (κ3) is 3.34. The highest BCUT2D eigenvalue weighted by Crippen LogP contribution is 2.33. The molecule has 1 aliphatic carbocycles. The Kier molecular flexibility index (Phi) is 3.55. The second-order valence-electron chi connectivity index (χ2n) is 4.22. The van der Waals surface area contributed by atoms with Gasteiger partial charge in [-0.05, 0) is 20.3 Å². The van der Waals surface area contributed by atoms with E-state index in [0.29, 0.717) is 17.2 Å². The van der Waals surface area contributed by atoms with Crippen LogP contribution in [0.25, 0.3) is 0 Å². The van der Waals surface area contributed by atoms with E-state index in [1.54, 1.807) is 12.2 Å². The van der Waals surface area contributed by atoms with Crippen molar-refractivity contribution in [1.82, 2.24) is 5.32 Å². The summed E-state index contributed by atoms with van der Waals surface area (Å²) in [6.45, 7) is 4.46. The van der Waals surface area contributed by atoms with Crippen LogP contribution in [0.15, 0.2) is 22.9 Å². The van der Waals surface area contributed by atoms with E-state index in [1.807, 2.05) is 0 Å². The van der Waals surface area contributed by atoms with Gasteiger partial charge < -0.3 is 5.32 Å². The van der Waals surface area contributed by atoms with Crippen molar-refractivity contribution in [2.45, 2.75) is 32.9 Å². The van der Waals surface area contributed by atoms with Crippen molar-refractivity contribution >= 4 is 17.5 Å². The Balaban J connectivity index is 2.76. The van der Waals surface area contributed by atoms with Crippen molar-refractivity contribution in [2.75, 3.05) is 0 Å².